The SMILES string of the molecule is COC(=O)CCCCCN(C(=O)CNC(=O)[C@H](N)Cc1c(C)cc(O)cc1C)[C@@H](CC1CCCCC1)C(=O)NC(=O)C(N)CCS(C)=O.Cl.O.O. The normalized spacial score (nSPS) is 14.9. The first-order valence-corrected chi connectivity index (χ1v) is 18.5. The van der Waals surface area contributed by atoms with E-state index >= 15 is 0 Å². The second kappa shape index (κ2) is 25.7. The number of hydrogen-bond acceptors (Lipinski definition) is 10. The number of halogens is 1. The molecule has 1 saturated carbocycles. The number of nitrogens with zero attached hydrogens (tertiary/aromatic N) is 1. The van der Waals surface area contributed by atoms with Gasteiger partial charge in [-0.25, -0.2) is 0 Å². The van der Waals surface area contributed by atoms with E-state index in [9.17, 15) is 33.3 Å². The Bertz CT molecular complexity index is 1270. The van der Waals surface area contributed by atoms with E-state index < -0.39 is 59.1 Å². The molecule has 17 heteroatoms. The number of carbonyl (C=O) groups excluding carboxylic acids is 5. The number of phenols is 1. The molecule has 1 aromatic rings. The monoisotopic (exact) mass is 765 g/mol. The highest BCUT2D eigenvalue weighted by molar-refractivity contribution is 7.84. The predicted molar refractivity (Wildman–Crippen MR) is 199 cm³/mol. The van der Waals surface area contributed by atoms with Gasteiger partial charge in [0, 0.05) is 35.8 Å². The molecule has 4 atom stereocenters. The Balaban J connectivity index is 0. The molecule has 1 fully saturated rings. The van der Waals surface area contributed by atoms with Crippen LogP contribution in [0.5, 0.6) is 5.75 Å². The third kappa shape index (κ3) is 17.8. The average molecular weight is 766 g/mol. The fourth-order valence-electron chi connectivity index (χ4n) is 6.12. The molecule has 1 aliphatic rings. The summed E-state index contributed by atoms with van der Waals surface area (Å²) in [7, 11) is 0.161. The van der Waals surface area contributed by atoms with Crippen LogP contribution >= 0.6 is 12.4 Å². The summed E-state index contributed by atoms with van der Waals surface area (Å²) >= 11 is 0. The first-order valence-electron chi connectivity index (χ1n) is 16.8. The number of benzene rings is 1. The Morgan fingerprint density at radius 1 is 0.961 bits per heavy atom. The first-order chi connectivity index (χ1) is 22.7. The number of hydrogen-bond donors (Lipinski definition) is 5. The topological polar surface area (TPSA) is 274 Å². The molecule has 294 valence electrons. The van der Waals surface area contributed by atoms with Gasteiger partial charge >= 0.3 is 5.97 Å². The van der Waals surface area contributed by atoms with Crippen molar-refractivity contribution in [2.75, 3.05) is 32.2 Å². The lowest BCUT2D eigenvalue weighted by Crippen LogP contribution is -2.56. The molecule has 1 aliphatic carbocycles. The summed E-state index contributed by atoms with van der Waals surface area (Å²) in [6.45, 7) is 3.39. The second-order valence-electron chi connectivity index (χ2n) is 12.8. The van der Waals surface area contributed by atoms with Gasteiger partial charge in [-0.15, -0.1) is 12.4 Å². The number of aryl methyl sites for hydroxylation is 2. The van der Waals surface area contributed by atoms with Gasteiger partial charge in [0.2, 0.25) is 23.6 Å². The molecule has 0 saturated heterocycles. The van der Waals surface area contributed by atoms with Crippen molar-refractivity contribution in [3.8, 4) is 5.75 Å². The molecule has 0 spiro atoms. The second-order valence-corrected chi connectivity index (χ2v) is 14.4. The number of amides is 4. The molecule has 0 heterocycles. The number of phenolic OH excluding ortho intramolecular Hbond substituents is 1. The van der Waals surface area contributed by atoms with E-state index in [1.807, 2.05) is 13.8 Å². The summed E-state index contributed by atoms with van der Waals surface area (Å²) in [6.07, 6.45) is 8.87. The van der Waals surface area contributed by atoms with E-state index in [0.717, 1.165) is 48.8 Å². The quantitative estimate of drug-likeness (QED) is 0.0955. The van der Waals surface area contributed by atoms with Crippen molar-refractivity contribution < 1.29 is 49.0 Å². The van der Waals surface area contributed by atoms with Gasteiger partial charge < -0.3 is 42.5 Å². The van der Waals surface area contributed by atoms with Gasteiger partial charge in [-0.3, -0.25) is 33.5 Å². The fraction of sp³-hybridized carbons (Fsp3) is 0.676. The van der Waals surface area contributed by atoms with Crippen LogP contribution in [0.3, 0.4) is 0 Å². The molecule has 2 rings (SSSR count). The van der Waals surface area contributed by atoms with E-state index in [2.05, 4.69) is 10.6 Å². The van der Waals surface area contributed by atoms with Crippen molar-refractivity contribution in [2.24, 2.45) is 17.4 Å². The average Bonchev–Trinajstić information content (AvgIpc) is 3.04. The van der Waals surface area contributed by atoms with Crippen LogP contribution < -0.4 is 22.1 Å². The number of aromatic hydroxyl groups is 1. The van der Waals surface area contributed by atoms with Crippen LogP contribution in [-0.2, 0) is 45.9 Å². The van der Waals surface area contributed by atoms with Crippen molar-refractivity contribution in [3.05, 3.63) is 28.8 Å². The minimum absolute atomic E-state index is 0. The van der Waals surface area contributed by atoms with Gasteiger partial charge in [-0.2, -0.15) is 0 Å². The molecule has 11 N–H and O–H groups in total. The van der Waals surface area contributed by atoms with Crippen LogP contribution in [0.2, 0.25) is 0 Å². The van der Waals surface area contributed by atoms with E-state index in [1.165, 1.54) is 18.3 Å². The molecule has 2 unspecified atom stereocenters. The highest BCUT2D eigenvalue weighted by Gasteiger charge is 2.34. The molecule has 4 amide bonds. The summed E-state index contributed by atoms with van der Waals surface area (Å²) in [6, 6.07) is 0.186. The number of methoxy groups -OCH3 is 1. The van der Waals surface area contributed by atoms with Gasteiger partial charge in [0.05, 0.1) is 25.7 Å². The minimum atomic E-state index is -1.16. The summed E-state index contributed by atoms with van der Waals surface area (Å²) in [4.78, 5) is 66.5. The lowest BCUT2D eigenvalue weighted by molar-refractivity contribution is -0.143. The molecule has 15 nitrogen and oxygen atoms in total. The van der Waals surface area contributed by atoms with Gasteiger partial charge in [-0.1, -0.05) is 38.5 Å². The Labute approximate surface area is 309 Å². The lowest BCUT2D eigenvalue weighted by Gasteiger charge is -2.34. The number of esters is 1. The largest absolute Gasteiger partial charge is 0.508 e. The summed E-state index contributed by atoms with van der Waals surface area (Å²) < 4.78 is 16.2. The summed E-state index contributed by atoms with van der Waals surface area (Å²) in [5, 5.41) is 14.9. The molecule has 0 bridgehead atoms. The third-order valence-corrected chi connectivity index (χ3v) is 9.75. The maximum atomic E-state index is 13.8. The maximum absolute atomic E-state index is 13.8. The van der Waals surface area contributed by atoms with Crippen molar-refractivity contribution in [2.45, 2.75) is 109 Å². The number of imide groups is 1. The lowest BCUT2D eigenvalue weighted by atomic mass is 9.84. The molecule has 0 radical (unpaired) electrons. The number of ether oxygens (including phenoxy) is 1. The predicted octanol–water partition coefficient (Wildman–Crippen LogP) is 0.407. The molecule has 51 heavy (non-hydrogen) atoms. The van der Waals surface area contributed by atoms with Crippen molar-refractivity contribution in [1.29, 1.82) is 0 Å². The minimum Gasteiger partial charge on any atom is -0.508 e. The van der Waals surface area contributed by atoms with E-state index in [-0.39, 0.29) is 72.6 Å². The first kappa shape index (κ1) is 50.0. The zero-order valence-electron chi connectivity index (χ0n) is 30.3. The fourth-order valence-corrected chi connectivity index (χ4v) is 6.71. The smallest absolute Gasteiger partial charge is 0.305 e. The highest BCUT2D eigenvalue weighted by Crippen LogP contribution is 2.29. The number of unbranched alkanes of at least 4 members (excludes halogenated alkanes) is 2. The van der Waals surface area contributed by atoms with E-state index in [4.69, 9.17) is 16.2 Å². The Kier molecular flexibility index (Phi) is 25.2. The molecular weight excluding hydrogens is 706 g/mol. The van der Waals surface area contributed by atoms with Gasteiger partial charge in [0.1, 0.15) is 11.8 Å². The Morgan fingerprint density at radius 2 is 1.57 bits per heavy atom. The Hall–Kier alpha value is -3.15. The van der Waals surface area contributed by atoms with Crippen LogP contribution in [-0.4, -0.2) is 105 Å². The van der Waals surface area contributed by atoms with Crippen molar-refractivity contribution in [1.82, 2.24) is 15.5 Å². The van der Waals surface area contributed by atoms with Gasteiger partial charge in [-0.05, 0) is 80.7 Å². The number of carbonyl (C=O) groups is 5. The van der Waals surface area contributed by atoms with Crippen LogP contribution in [0.1, 0.15) is 87.3 Å². The molecule has 0 aliphatic heterocycles. The number of nitrogens with two attached hydrogens (primary N) is 2. The summed E-state index contributed by atoms with van der Waals surface area (Å²) in [5.41, 5.74) is 14.6. The molecule has 1 aromatic carbocycles. The van der Waals surface area contributed by atoms with Crippen LogP contribution in [0.4, 0.5) is 0 Å². The van der Waals surface area contributed by atoms with Gasteiger partial charge in [0.15, 0.2) is 0 Å². The van der Waals surface area contributed by atoms with Crippen molar-refractivity contribution >= 4 is 52.8 Å². The molecule has 0 aromatic heterocycles. The third-order valence-electron chi connectivity index (χ3n) is 8.94. The zero-order chi connectivity index (χ0) is 35.8. The van der Waals surface area contributed by atoms with Crippen LogP contribution in [0, 0.1) is 19.8 Å². The zero-order valence-corrected chi connectivity index (χ0v) is 31.9. The number of rotatable bonds is 19. The standard InChI is InChI=1S/C34H55N5O8S.ClH.2H2O/c1-22-17-25(40)18-23(2)26(22)20-28(36)32(43)37-21-30(41)39(15-10-6-9-13-31(42)47-3)29(19-24-11-7-5-8-12-24)34(45)38-33(44)27(35)14-16-48(4)46;;;/h17-18,24,27-29,40H,5-16,19-21,35-36H2,1-4H3,(H,37,43)(H,38,44,45);1H;2*1H2/t27?,28-,29+,48?;;;/m1.../s1. The summed E-state index contributed by atoms with van der Waals surface area (Å²) in [5.74, 6) is -2.25. The van der Waals surface area contributed by atoms with Crippen molar-refractivity contribution in [3.63, 3.8) is 0 Å². The molecular formula is C34H60ClN5O10S. The number of nitrogens with one attached hydrogen (secondary N) is 2. The van der Waals surface area contributed by atoms with E-state index in [1.54, 1.807) is 12.1 Å². The van der Waals surface area contributed by atoms with Crippen LogP contribution in [0.15, 0.2) is 12.1 Å². The van der Waals surface area contributed by atoms with Crippen LogP contribution in [0.25, 0.3) is 0 Å². The maximum Gasteiger partial charge on any atom is 0.305 e. The van der Waals surface area contributed by atoms with E-state index in [0.29, 0.717) is 25.7 Å². The highest BCUT2D eigenvalue weighted by atomic mass is 35.5. The van der Waals surface area contributed by atoms with Gasteiger partial charge in [0.25, 0.3) is 0 Å². The Morgan fingerprint density at radius 3 is 2.14 bits per heavy atom.